The number of methoxy groups -OCH3 is 1. The zero-order valence-corrected chi connectivity index (χ0v) is 18.6. The van der Waals surface area contributed by atoms with Gasteiger partial charge >= 0.3 is 0 Å². The van der Waals surface area contributed by atoms with Gasteiger partial charge in [0.15, 0.2) is 11.6 Å². The van der Waals surface area contributed by atoms with Gasteiger partial charge in [-0.2, -0.15) is 4.98 Å². The second-order valence-electron chi connectivity index (χ2n) is 8.83. The number of Topliss-reactive ketones (excluding diaryl/α,β-unsaturated/α-hetero) is 1. The number of hydrogen-bond donors (Lipinski definition) is 1. The first-order valence-electron chi connectivity index (χ1n) is 11.1. The Bertz CT molecular complexity index is 1260. The van der Waals surface area contributed by atoms with Crippen LogP contribution in [-0.2, 0) is 16.6 Å². The lowest BCUT2D eigenvalue weighted by Gasteiger charge is -2.50. The van der Waals surface area contributed by atoms with Gasteiger partial charge in [-0.1, -0.05) is 49.4 Å². The van der Waals surface area contributed by atoms with Crippen LogP contribution in [0.15, 0.2) is 66.4 Å². The molecule has 0 spiro atoms. The highest BCUT2D eigenvalue weighted by molar-refractivity contribution is 5.98. The average molecular weight is 445 g/mol. The number of hydrogen-bond acceptors (Lipinski definition) is 5. The minimum Gasteiger partial charge on any atom is -0.515 e. The maximum absolute atomic E-state index is 14.7. The lowest BCUT2D eigenvalue weighted by atomic mass is 9.52. The Hall–Kier alpha value is -3.54. The molecule has 0 amide bonds. The van der Waals surface area contributed by atoms with E-state index < -0.39 is 11.2 Å². The van der Waals surface area contributed by atoms with E-state index in [0.717, 1.165) is 29.5 Å². The number of halogens is 1. The van der Waals surface area contributed by atoms with E-state index in [4.69, 9.17) is 9.72 Å². The second-order valence-corrected chi connectivity index (χ2v) is 8.83. The minimum absolute atomic E-state index is 0.0309. The highest BCUT2D eigenvalue weighted by Crippen LogP contribution is 2.56. The third-order valence-electron chi connectivity index (χ3n) is 7.29. The molecule has 2 aliphatic rings. The summed E-state index contributed by atoms with van der Waals surface area (Å²) in [6.45, 7) is 1.93. The van der Waals surface area contributed by atoms with E-state index in [9.17, 15) is 14.3 Å². The molecule has 3 aromatic rings. The molecular formula is C27H25FN2O3. The molecule has 1 saturated carbocycles. The quantitative estimate of drug-likeness (QED) is 0.445. The lowest BCUT2D eigenvalue weighted by Crippen LogP contribution is -2.51. The van der Waals surface area contributed by atoms with Gasteiger partial charge in [0, 0.05) is 22.5 Å². The molecule has 5 rings (SSSR count). The third-order valence-corrected chi connectivity index (χ3v) is 7.29. The zero-order chi connectivity index (χ0) is 23.2. The normalized spacial score (nSPS) is 25.4. The number of ether oxygens (including phenoxy) is 1. The van der Waals surface area contributed by atoms with E-state index in [2.05, 4.69) is 4.98 Å². The number of aliphatic hydroxyl groups is 1. The number of nitrogens with zero attached hydrogens (tertiary/aromatic N) is 2. The molecule has 2 aromatic carbocycles. The Morgan fingerprint density at radius 2 is 1.85 bits per heavy atom. The molecule has 33 heavy (non-hydrogen) atoms. The summed E-state index contributed by atoms with van der Waals surface area (Å²) in [7, 11) is 1.56. The predicted molar refractivity (Wildman–Crippen MR) is 123 cm³/mol. The van der Waals surface area contributed by atoms with Gasteiger partial charge in [-0.15, -0.1) is 0 Å². The fourth-order valence-electron chi connectivity index (χ4n) is 5.76. The summed E-state index contributed by atoms with van der Waals surface area (Å²) in [5.41, 5.74) is 2.62. The van der Waals surface area contributed by atoms with Crippen molar-refractivity contribution in [2.75, 3.05) is 7.11 Å². The third kappa shape index (κ3) is 3.16. The van der Waals surface area contributed by atoms with Crippen LogP contribution in [-0.4, -0.2) is 28.0 Å². The summed E-state index contributed by atoms with van der Waals surface area (Å²) in [5.74, 6) is -0.110. The van der Waals surface area contributed by atoms with Crippen molar-refractivity contribution in [3.05, 3.63) is 89.1 Å². The first-order chi connectivity index (χ1) is 16.0. The van der Waals surface area contributed by atoms with Crippen molar-refractivity contribution in [2.45, 2.75) is 31.6 Å². The smallest absolute Gasteiger partial charge is 0.220 e. The Kier molecular flexibility index (Phi) is 5.23. The number of ketones is 1. The van der Waals surface area contributed by atoms with E-state index in [0.29, 0.717) is 29.9 Å². The van der Waals surface area contributed by atoms with E-state index in [-0.39, 0.29) is 23.4 Å². The summed E-state index contributed by atoms with van der Waals surface area (Å²) in [5, 5.41) is 9.96. The number of allylic oxidation sites excluding steroid dienone is 1. The van der Waals surface area contributed by atoms with E-state index in [1.165, 1.54) is 6.07 Å². The van der Waals surface area contributed by atoms with Crippen LogP contribution in [0.4, 0.5) is 4.39 Å². The molecule has 168 valence electrons. The molecule has 1 aromatic heterocycles. The second kappa shape index (κ2) is 8.10. The van der Waals surface area contributed by atoms with Crippen molar-refractivity contribution >= 4 is 5.78 Å². The van der Waals surface area contributed by atoms with Gasteiger partial charge in [0.25, 0.3) is 0 Å². The molecule has 1 fully saturated rings. The van der Waals surface area contributed by atoms with Gasteiger partial charge < -0.3 is 9.84 Å². The van der Waals surface area contributed by atoms with Crippen LogP contribution in [0.2, 0.25) is 0 Å². The fourth-order valence-corrected chi connectivity index (χ4v) is 5.76. The van der Waals surface area contributed by atoms with Gasteiger partial charge in [0.1, 0.15) is 5.82 Å². The van der Waals surface area contributed by atoms with E-state index in [1.54, 1.807) is 25.3 Å². The van der Waals surface area contributed by atoms with Crippen molar-refractivity contribution in [3.63, 3.8) is 0 Å². The number of carbonyl (C=O) groups excluding carboxylic acids is 1. The number of aromatic nitrogens is 2. The SMILES string of the molecule is COc1nc(-c2ccccc2F)nc2c1CC[C@H]1[C@H](C)C(=O)/C(=C\O)C[C@]21c1ccccc1. The molecule has 0 bridgehead atoms. The van der Waals surface area contributed by atoms with Crippen LogP contribution < -0.4 is 4.74 Å². The lowest BCUT2D eigenvalue weighted by molar-refractivity contribution is -0.123. The molecule has 0 unspecified atom stereocenters. The van der Waals surface area contributed by atoms with Gasteiger partial charge in [0.2, 0.25) is 5.88 Å². The molecule has 6 heteroatoms. The number of fused-ring (bicyclic) bond motifs is 3. The van der Waals surface area contributed by atoms with Crippen LogP contribution in [0.1, 0.15) is 36.6 Å². The molecule has 0 aliphatic heterocycles. The van der Waals surface area contributed by atoms with Crippen molar-refractivity contribution in [2.24, 2.45) is 11.8 Å². The largest absolute Gasteiger partial charge is 0.515 e. The van der Waals surface area contributed by atoms with Crippen LogP contribution in [0, 0.1) is 17.7 Å². The van der Waals surface area contributed by atoms with Gasteiger partial charge in [-0.3, -0.25) is 4.79 Å². The summed E-state index contributed by atoms with van der Waals surface area (Å²) in [6, 6.07) is 16.4. The summed E-state index contributed by atoms with van der Waals surface area (Å²) >= 11 is 0. The molecule has 0 radical (unpaired) electrons. The maximum atomic E-state index is 14.7. The maximum Gasteiger partial charge on any atom is 0.220 e. The summed E-state index contributed by atoms with van der Waals surface area (Å²) in [4.78, 5) is 22.5. The van der Waals surface area contributed by atoms with Crippen molar-refractivity contribution < 1.29 is 19.0 Å². The number of aliphatic hydroxyl groups excluding tert-OH is 1. The monoisotopic (exact) mass is 444 g/mol. The zero-order valence-electron chi connectivity index (χ0n) is 18.6. The van der Waals surface area contributed by atoms with Crippen LogP contribution in [0.25, 0.3) is 11.4 Å². The molecule has 1 N–H and O–H groups in total. The topological polar surface area (TPSA) is 72.3 Å². The Labute approximate surface area is 192 Å². The average Bonchev–Trinajstić information content (AvgIpc) is 2.86. The van der Waals surface area contributed by atoms with Crippen LogP contribution in [0.5, 0.6) is 5.88 Å². The van der Waals surface area contributed by atoms with Gasteiger partial charge in [-0.05, 0) is 42.9 Å². The molecule has 0 saturated heterocycles. The van der Waals surface area contributed by atoms with E-state index >= 15 is 0 Å². The first-order valence-corrected chi connectivity index (χ1v) is 11.1. The Balaban J connectivity index is 1.85. The summed E-state index contributed by atoms with van der Waals surface area (Å²) in [6.07, 6.45) is 2.66. The van der Waals surface area contributed by atoms with Crippen molar-refractivity contribution in [1.82, 2.24) is 9.97 Å². The minimum atomic E-state index is -0.674. The van der Waals surface area contributed by atoms with E-state index in [1.807, 2.05) is 37.3 Å². The summed E-state index contributed by atoms with van der Waals surface area (Å²) < 4.78 is 20.4. The Morgan fingerprint density at radius 3 is 2.55 bits per heavy atom. The van der Waals surface area contributed by atoms with Gasteiger partial charge in [-0.25, -0.2) is 9.37 Å². The number of benzene rings is 2. The van der Waals surface area contributed by atoms with Crippen molar-refractivity contribution in [1.29, 1.82) is 0 Å². The number of rotatable bonds is 3. The van der Waals surface area contributed by atoms with Gasteiger partial charge in [0.05, 0.1) is 24.6 Å². The molecule has 5 nitrogen and oxygen atoms in total. The highest BCUT2D eigenvalue weighted by atomic mass is 19.1. The molecule has 3 atom stereocenters. The Morgan fingerprint density at radius 1 is 1.12 bits per heavy atom. The van der Waals surface area contributed by atoms with Crippen LogP contribution in [0.3, 0.4) is 0 Å². The predicted octanol–water partition coefficient (Wildman–Crippen LogP) is 5.19. The number of carbonyl (C=O) groups is 1. The molecule has 2 aliphatic carbocycles. The molecular weight excluding hydrogens is 419 g/mol. The standard InChI is InChI=1S/C27H25FN2O3/c1-16-21-13-12-20-24(29-25(30-26(20)33-2)19-10-6-7-11-22(19)28)27(21,14-17(15-31)23(16)32)18-8-4-3-5-9-18/h3-11,15-16,21,31H,12-14H2,1-2H3/b17-15-/t16-,21-,27+/m0/s1. The molecule has 1 heterocycles. The van der Waals surface area contributed by atoms with Crippen LogP contribution >= 0.6 is 0 Å². The first kappa shape index (κ1) is 21.3. The highest BCUT2D eigenvalue weighted by Gasteiger charge is 2.55. The fraction of sp³-hybridized carbons (Fsp3) is 0.296. The van der Waals surface area contributed by atoms with Crippen molar-refractivity contribution in [3.8, 4) is 17.3 Å².